The molecule has 0 fully saturated rings. The van der Waals surface area contributed by atoms with Gasteiger partial charge in [-0.25, -0.2) is 0 Å². The SMILES string of the molecule is O=CNc1ccc(C(=O)c2ccccc2N=Nc2ccccc2)cc1. The molecule has 122 valence electrons. The summed E-state index contributed by atoms with van der Waals surface area (Å²) >= 11 is 0. The molecule has 0 unspecified atom stereocenters. The second-order valence-electron chi connectivity index (χ2n) is 5.22. The first-order chi connectivity index (χ1) is 12.3. The summed E-state index contributed by atoms with van der Waals surface area (Å²) in [6, 6.07) is 23.1. The molecule has 0 aliphatic rings. The van der Waals surface area contributed by atoms with Crippen LogP contribution in [0.25, 0.3) is 0 Å². The highest BCUT2D eigenvalue weighted by Gasteiger charge is 2.13. The Balaban J connectivity index is 1.88. The van der Waals surface area contributed by atoms with Crippen LogP contribution in [0, 0.1) is 0 Å². The standard InChI is InChI=1S/C20H15N3O2/c24-14-21-16-12-10-15(11-13-16)20(25)18-8-4-5-9-19(18)23-22-17-6-2-1-3-7-17/h1-14H,(H,21,24). The van der Waals surface area contributed by atoms with Gasteiger partial charge in [-0.15, -0.1) is 5.11 Å². The van der Waals surface area contributed by atoms with Crippen LogP contribution in [-0.2, 0) is 4.79 Å². The maximum absolute atomic E-state index is 12.8. The van der Waals surface area contributed by atoms with Crippen molar-refractivity contribution in [3.8, 4) is 0 Å². The molecule has 0 saturated heterocycles. The summed E-state index contributed by atoms with van der Waals surface area (Å²) in [7, 11) is 0. The van der Waals surface area contributed by atoms with Crippen LogP contribution in [0.1, 0.15) is 15.9 Å². The maximum atomic E-state index is 12.8. The van der Waals surface area contributed by atoms with Gasteiger partial charge in [0, 0.05) is 11.3 Å². The van der Waals surface area contributed by atoms with Gasteiger partial charge in [0.25, 0.3) is 0 Å². The molecule has 1 amide bonds. The molecule has 0 aromatic heterocycles. The van der Waals surface area contributed by atoms with E-state index >= 15 is 0 Å². The zero-order valence-corrected chi connectivity index (χ0v) is 13.3. The van der Waals surface area contributed by atoms with E-state index in [1.54, 1.807) is 42.5 Å². The van der Waals surface area contributed by atoms with E-state index in [0.29, 0.717) is 34.6 Å². The average molecular weight is 329 g/mol. The largest absolute Gasteiger partial charge is 0.329 e. The summed E-state index contributed by atoms with van der Waals surface area (Å²) in [5.41, 5.74) is 2.83. The van der Waals surface area contributed by atoms with E-state index < -0.39 is 0 Å². The number of nitrogens with one attached hydrogen (secondary N) is 1. The van der Waals surface area contributed by atoms with E-state index in [1.807, 2.05) is 36.4 Å². The fourth-order valence-electron chi connectivity index (χ4n) is 2.30. The van der Waals surface area contributed by atoms with Crippen LogP contribution in [-0.4, -0.2) is 12.2 Å². The zero-order valence-electron chi connectivity index (χ0n) is 13.3. The second kappa shape index (κ2) is 7.79. The monoisotopic (exact) mass is 329 g/mol. The van der Waals surface area contributed by atoms with Crippen molar-refractivity contribution in [3.63, 3.8) is 0 Å². The lowest BCUT2D eigenvalue weighted by atomic mass is 10.0. The first kappa shape index (κ1) is 16.3. The lowest BCUT2D eigenvalue weighted by Crippen LogP contribution is -2.02. The molecule has 0 aliphatic heterocycles. The zero-order chi connectivity index (χ0) is 17.5. The van der Waals surface area contributed by atoms with Crippen LogP contribution >= 0.6 is 0 Å². The van der Waals surface area contributed by atoms with Gasteiger partial charge in [-0.1, -0.05) is 30.3 Å². The molecule has 0 radical (unpaired) electrons. The normalized spacial score (nSPS) is 10.6. The fourth-order valence-corrected chi connectivity index (χ4v) is 2.30. The van der Waals surface area contributed by atoms with Crippen molar-refractivity contribution in [2.24, 2.45) is 10.2 Å². The molecule has 0 saturated carbocycles. The van der Waals surface area contributed by atoms with Crippen molar-refractivity contribution in [2.75, 3.05) is 5.32 Å². The van der Waals surface area contributed by atoms with Crippen molar-refractivity contribution in [2.45, 2.75) is 0 Å². The molecular weight excluding hydrogens is 314 g/mol. The van der Waals surface area contributed by atoms with Crippen LogP contribution in [0.4, 0.5) is 17.1 Å². The topological polar surface area (TPSA) is 70.9 Å². The van der Waals surface area contributed by atoms with Crippen LogP contribution in [0.15, 0.2) is 89.1 Å². The van der Waals surface area contributed by atoms with Crippen LogP contribution in [0.2, 0.25) is 0 Å². The van der Waals surface area contributed by atoms with Gasteiger partial charge in [-0.3, -0.25) is 9.59 Å². The molecule has 3 aromatic carbocycles. The number of carbonyl (C=O) groups is 2. The van der Waals surface area contributed by atoms with Gasteiger partial charge in [0.1, 0.15) is 0 Å². The van der Waals surface area contributed by atoms with Gasteiger partial charge in [0.05, 0.1) is 16.9 Å². The Bertz CT molecular complexity index is 904. The highest BCUT2D eigenvalue weighted by atomic mass is 16.1. The first-order valence-corrected chi connectivity index (χ1v) is 7.69. The number of hydrogen-bond acceptors (Lipinski definition) is 4. The van der Waals surface area contributed by atoms with Crippen molar-refractivity contribution in [3.05, 3.63) is 90.0 Å². The minimum atomic E-state index is -0.153. The van der Waals surface area contributed by atoms with Crippen molar-refractivity contribution in [1.29, 1.82) is 0 Å². The Kier molecular flexibility index (Phi) is 5.07. The molecule has 0 atom stereocenters. The number of hydrogen-bond donors (Lipinski definition) is 1. The van der Waals surface area contributed by atoms with E-state index in [2.05, 4.69) is 15.5 Å². The second-order valence-corrected chi connectivity index (χ2v) is 5.22. The van der Waals surface area contributed by atoms with Crippen LogP contribution in [0.3, 0.4) is 0 Å². The molecule has 0 heterocycles. The summed E-state index contributed by atoms with van der Waals surface area (Å²) in [6.45, 7) is 0. The quantitative estimate of drug-likeness (QED) is 0.397. The Labute approximate surface area is 145 Å². The number of azo groups is 1. The van der Waals surface area contributed by atoms with Gasteiger partial charge >= 0.3 is 0 Å². The molecular formula is C20H15N3O2. The molecule has 3 aromatic rings. The molecule has 1 N–H and O–H groups in total. The first-order valence-electron chi connectivity index (χ1n) is 7.69. The third kappa shape index (κ3) is 4.03. The highest BCUT2D eigenvalue weighted by Crippen LogP contribution is 2.25. The number of anilines is 1. The van der Waals surface area contributed by atoms with Gasteiger partial charge in [0.15, 0.2) is 5.78 Å². The summed E-state index contributed by atoms with van der Waals surface area (Å²) in [6.07, 6.45) is 0.593. The van der Waals surface area contributed by atoms with Crippen LogP contribution < -0.4 is 5.32 Å². The summed E-state index contributed by atoms with van der Waals surface area (Å²) in [5, 5.41) is 10.9. The van der Waals surface area contributed by atoms with E-state index in [0.717, 1.165) is 0 Å². The predicted molar refractivity (Wildman–Crippen MR) is 96.6 cm³/mol. The van der Waals surface area contributed by atoms with Crippen molar-refractivity contribution >= 4 is 29.3 Å². The molecule has 3 rings (SSSR count). The minimum absolute atomic E-state index is 0.153. The lowest BCUT2D eigenvalue weighted by molar-refractivity contribution is -0.105. The summed E-state index contributed by atoms with van der Waals surface area (Å²) < 4.78 is 0. The van der Waals surface area contributed by atoms with E-state index in [-0.39, 0.29) is 5.78 Å². The highest BCUT2D eigenvalue weighted by molar-refractivity contribution is 6.12. The number of benzene rings is 3. The average Bonchev–Trinajstić information content (AvgIpc) is 2.68. The Morgan fingerprint density at radius 3 is 2.20 bits per heavy atom. The number of nitrogens with zero attached hydrogens (tertiary/aromatic N) is 2. The van der Waals surface area contributed by atoms with E-state index in [1.165, 1.54) is 0 Å². The predicted octanol–water partition coefficient (Wildman–Crippen LogP) is 4.90. The molecule has 25 heavy (non-hydrogen) atoms. The Hall–Kier alpha value is -3.60. The number of ketones is 1. The third-order valence-electron chi connectivity index (χ3n) is 3.55. The molecule has 0 spiro atoms. The molecule has 5 nitrogen and oxygen atoms in total. The van der Waals surface area contributed by atoms with Gasteiger partial charge in [0.2, 0.25) is 6.41 Å². The molecule has 0 aliphatic carbocycles. The van der Waals surface area contributed by atoms with Gasteiger partial charge < -0.3 is 5.32 Å². The maximum Gasteiger partial charge on any atom is 0.211 e. The van der Waals surface area contributed by atoms with Gasteiger partial charge in [-0.05, 0) is 48.5 Å². The number of rotatable bonds is 6. The smallest absolute Gasteiger partial charge is 0.211 e. The minimum Gasteiger partial charge on any atom is -0.329 e. The Morgan fingerprint density at radius 2 is 1.48 bits per heavy atom. The summed E-state index contributed by atoms with van der Waals surface area (Å²) in [5.74, 6) is -0.153. The lowest BCUT2D eigenvalue weighted by Gasteiger charge is -2.05. The van der Waals surface area contributed by atoms with E-state index in [9.17, 15) is 9.59 Å². The third-order valence-corrected chi connectivity index (χ3v) is 3.55. The van der Waals surface area contributed by atoms with Crippen LogP contribution in [0.5, 0.6) is 0 Å². The van der Waals surface area contributed by atoms with Crippen molar-refractivity contribution < 1.29 is 9.59 Å². The molecule has 5 heteroatoms. The number of carbonyl (C=O) groups excluding carboxylic acids is 2. The van der Waals surface area contributed by atoms with Crippen molar-refractivity contribution in [1.82, 2.24) is 0 Å². The summed E-state index contributed by atoms with van der Waals surface area (Å²) in [4.78, 5) is 23.2. The van der Waals surface area contributed by atoms with Gasteiger partial charge in [-0.2, -0.15) is 5.11 Å². The number of amides is 1. The molecule has 0 bridgehead atoms. The Morgan fingerprint density at radius 1 is 0.800 bits per heavy atom. The van der Waals surface area contributed by atoms with E-state index in [4.69, 9.17) is 0 Å². The fraction of sp³-hybridized carbons (Fsp3) is 0.